The van der Waals surface area contributed by atoms with E-state index in [1.54, 1.807) is 6.92 Å². The van der Waals surface area contributed by atoms with Crippen LogP contribution in [0, 0.1) is 18.8 Å². The van der Waals surface area contributed by atoms with Crippen molar-refractivity contribution in [1.29, 1.82) is 0 Å². The Bertz CT molecular complexity index is 558. The minimum atomic E-state index is -3.76. The van der Waals surface area contributed by atoms with Crippen LogP contribution in [0.5, 0.6) is 0 Å². The van der Waals surface area contributed by atoms with E-state index < -0.39 is 21.9 Å². The Morgan fingerprint density at radius 3 is 2.50 bits per heavy atom. The van der Waals surface area contributed by atoms with E-state index in [1.807, 2.05) is 13.8 Å². The number of rotatable bonds is 7. The fraction of sp³-hybridized carbons (Fsp3) is 0.667. The number of aromatic nitrogens is 2. The fourth-order valence-electron chi connectivity index (χ4n) is 2.04. The van der Waals surface area contributed by atoms with Gasteiger partial charge in [-0.3, -0.25) is 9.48 Å². The van der Waals surface area contributed by atoms with Crippen LogP contribution in [0.3, 0.4) is 0 Å². The van der Waals surface area contributed by atoms with Crippen molar-refractivity contribution in [2.24, 2.45) is 18.9 Å². The van der Waals surface area contributed by atoms with Crippen LogP contribution in [-0.2, 0) is 21.9 Å². The Morgan fingerprint density at radius 2 is 2.10 bits per heavy atom. The first-order valence-corrected chi connectivity index (χ1v) is 7.84. The number of aliphatic carboxylic acids is 1. The Hall–Kier alpha value is -1.41. The third-order valence-corrected chi connectivity index (χ3v) is 4.58. The number of sulfonamides is 1. The number of aryl methyl sites for hydroxylation is 2. The zero-order valence-corrected chi connectivity index (χ0v) is 12.9. The highest BCUT2D eigenvalue weighted by Gasteiger charge is 2.25. The van der Waals surface area contributed by atoms with Gasteiger partial charge >= 0.3 is 5.97 Å². The van der Waals surface area contributed by atoms with Crippen LogP contribution in [0.25, 0.3) is 0 Å². The van der Waals surface area contributed by atoms with Crippen LogP contribution in [0.4, 0.5) is 0 Å². The van der Waals surface area contributed by atoms with Gasteiger partial charge in [-0.05, 0) is 19.3 Å². The predicted molar refractivity (Wildman–Crippen MR) is 73.7 cm³/mol. The zero-order chi connectivity index (χ0) is 15.5. The van der Waals surface area contributed by atoms with Gasteiger partial charge in [0.1, 0.15) is 0 Å². The van der Waals surface area contributed by atoms with Crippen molar-refractivity contribution in [3.63, 3.8) is 0 Å². The van der Waals surface area contributed by atoms with Gasteiger partial charge < -0.3 is 5.11 Å². The summed E-state index contributed by atoms with van der Waals surface area (Å²) in [6.45, 7) is 5.32. The van der Waals surface area contributed by atoms with Crippen molar-refractivity contribution in [1.82, 2.24) is 14.5 Å². The van der Waals surface area contributed by atoms with Gasteiger partial charge in [-0.15, -0.1) is 0 Å². The molecule has 1 atom stereocenters. The number of hydrogen-bond donors (Lipinski definition) is 2. The number of nitrogens with zero attached hydrogens (tertiary/aromatic N) is 2. The summed E-state index contributed by atoms with van der Waals surface area (Å²) in [7, 11) is -2.22. The lowest BCUT2D eigenvalue weighted by molar-refractivity contribution is -0.142. The molecule has 0 saturated carbocycles. The number of carbonyl (C=O) groups is 1. The van der Waals surface area contributed by atoms with E-state index in [9.17, 15) is 13.2 Å². The maximum absolute atomic E-state index is 12.2. The third kappa shape index (κ3) is 4.04. The summed E-state index contributed by atoms with van der Waals surface area (Å²) in [6.07, 6.45) is 1.87. The molecule has 114 valence electrons. The minimum absolute atomic E-state index is 0.0613. The van der Waals surface area contributed by atoms with Crippen LogP contribution in [0.1, 0.15) is 25.8 Å². The topological polar surface area (TPSA) is 101 Å². The van der Waals surface area contributed by atoms with Crippen molar-refractivity contribution >= 4 is 16.0 Å². The molecule has 20 heavy (non-hydrogen) atoms. The standard InChI is InChI=1S/C12H21N3O4S/c1-8(2)5-10(12(16)17)7-14-20(18,19)11-9(3)6-13-15(11)4/h6,8,10,14H,5,7H2,1-4H3,(H,16,17). The van der Waals surface area contributed by atoms with Gasteiger partial charge in [-0.1, -0.05) is 13.8 Å². The molecule has 1 unspecified atom stereocenters. The quantitative estimate of drug-likeness (QED) is 0.774. The van der Waals surface area contributed by atoms with Gasteiger partial charge in [0.2, 0.25) is 0 Å². The predicted octanol–water partition coefficient (Wildman–Crippen LogP) is 0.754. The molecule has 8 heteroatoms. The molecule has 1 heterocycles. The fourth-order valence-corrected chi connectivity index (χ4v) is 3.47. The minimum Gasteiger partial charge on any atom is -0.481 e. The maximum atomic E-state index is 12.2. The van der Waals surface area contributed by atoms with E-state index in [1.165, 1.54) is 17.9 Å². The number of nitrogens with one attached hydrogen (secondary N) is 1. The van der Waals surface area contributed by atoms with Crippen LogP contribution in [0.2, 0.25) is 0 Å². The summed E-state index contributed by atoms with van der Waals surface area (Å²) in [4.78, 5) is 11.1. The van der Waals surface area contributed by atoms with Crippen LogP contribution < -0.4 is 4.72 Å². The molecule has 0 aliphatic rings. The second-order valence-electron chi connectivity index (χ2n) is 5.27. The molecule has 0 radical (unpaired) electrons. The van der Waals surface area contributed by atoms with E-state index >= 15 is 0 Å². The maximum Gasteiger partial charge on any atom is 0.307 e. The smallest absolute Gasteiger partial charge is 0.307 e. The first kappa shape index (κ1) is 16.6. The molecule has 0 fully saturated rings. The van der Waals surface area contributed by atoms with Gasteiger partial charge in [-0.25, -0.2) is 13.1 Å². The SMILES string of the molecule is Cc1cnn(C)c1S(=O)(=O)NCC(CC(C)C)C(=O)O. The zero-order valence-electron chi connectivity index (χ0n) is 12.1. The molecule has 2 N–H and O–H groups in total. The summed E-state index contributed by atoms with van der Waals surface area (Å²) >= 11 is 0. The van der Waals surface area contributed by atoms with E-state index in [0.29, 0.717) is 12.0 Å². The Kier molecular flexibility index (Phi) is 5.29. The molecule has 1 aromatic rings. The van der Waals surface area contributed by atoms with E-state index in [0.717, 1.165) is 0 Å². The Morgan fingerprint density at radius 1 is 1.50 bits per heavy atom. The van der Waals surface area contributed by atoms with E-state index in [2.05, 4.69) is 9.82 Å². The summed E-state index contributed by atoms with van der Waals surface area (Å²) < 4.78 is 28.0. The van der Waals surface area contributed by atoms with Crippen molar-refractivity contribution in [3.05, 3.63) is 11.8 Å². The molecule has 7 nitrogen and oxygen atoms in total. The van der Waals surface area contributed by atoms with Crippen molar-refractivity contribution in [3.8, 4) is 0 Å². The largest absolute Gasteiger partial charge is 0.481 e. The summed E-state index contributed by atoms with van der Waals surface area (Å²) in [5, 5.41) is 13.0. The molecule has 0 saturated heterocycles. The van der Waals surface area contributed by atoms with E-state index in [-0.39, 0.29) is 17.5 Å². The highest BCUT2D eigenvalue weighted by molar-refractivity contribution is 7.89. The normalized spacial score (nSPS) is 13.7. The number of carboxylic acids is 1. The molecule has 0 spiro atoms. The van der Waals surface area contributed by atoms with Gasteiger partial charge in [-0.2, -0.15) is 5.10 Å². The molecule has 1 rings (SSSR count). The molecule has 0 amide bonds. The van der Waals surface area contributed by atoms with Gasteiger partial charge in [0.25, 0.3) is 10.0 Å². The highest BCUT2D eigenvalue weighted by atomic mass is 32.2. The van der Waals surface area contributed by atoms with Crippen molar-refractivity contribution < 1.29 is 18.3 Å². The van der Waals surface area contributed by atoms with Crippen LogP contribution in [0.15, 0.2) is 11.2 Å². The number of hydrogen-bond acceptors (Lipinski definition) is 4. The molecular formula is C12H21N3O4S. The highest BCUT2D eigenvalue weighted by Crippen LogP contribution is 2.15. The molecule has 0 bridgehead atoms. The Labute approximate surface area is 119 Å². The molecular weight excluding hydrogens is 282 g/mol. The Balaban J connectivity index is 2.84. The van der Waals surface area contributed by atoms with Crippen molar-refractivity contribution in [2.45, 2.75) is 32.2 Å². The van der Waals surface area contributed by atoms with Crippen LogP contribution >= 0.6 is 0 Å². The second-order valence-corrected chi connectivity index (χ2v) is 6.96. The lowest BCUT2D eigenvalue weighted by Crippen LogP contribution is -2.34. The first-order valence-electron chi connectivity index (χ1n) is 6.36. The summed E-state index contributed by atoms with van der Waals surface area (Å²) in [5.41, 5.74) is 0.524. The summed E-state index contributed by atoms with van der Waals surface area (Å²) in [6, 6.07) is 0. The molecule has 0 aromatic carbocycles. The third-order valence-electron chi connectivity index (χ3n) is 2.94. The lowest BCUT2D eigenvalue weighted by atomic mass is 9.98. The van der Waals surface area contributed by atoms with E-state index in [4.69, 9.17) is 5.11 Å². The molecule has 0 aliphatic carbocycles. The monoisotopic (exact) mass is 303 g/mol. The average Bonchev–Trinajstić information content (AvgIpc) is 2.64. The second kappa shape index (κ2) is 6.36. The molecule has 0 aliphatic heterocycles. The first-order chi connectivity index (χ1) is 9.15. The lowest BCUT2D eigenvalue weighted by Gasteiger charge is -2.15. The molecule has 1 aromatic heterocycles. The van der Waals surface area contributed by atoms with Gasteiger partial charge in [0, 0.05) is 19.2 Å². The average molecular weight is 303 g/mol. The summed E-state index contributed by atoms with van der Waals surface area (Å²) in [5.74, 6) is -1.56. The van der Waals surface area contributed by atoms with Gasteiger partial charge in [0.15, 0.2) is 5.03 Å². The van der Waals surface area contributed by atoms with Gasteiger partial charge in [0.05, 0.1) is 12.1 Å². The number of carboxylic acid groups (broad SMARTS) is 1. The van der Waals surface area contributed by atoms with Crippen LogP contribution in [-0.4, -0.2) is 35.8 Å². The van der Waals surface area contributed by atoms with Crippen molar-refractivity contribution in [2.75, 3.05) is 6.54 Å².